The van der Waals surface area contributed by atoms with Gasteiger partial charge in [-0.25, -0.2) is 0 Å². The molecule has 2 N–H and O–H groups in total. The number of amides is 1. The molecule has 0 saturated carbocycles. The summed E-state index contributed by atoms with van der Waals surface area (Å²) in [5, 5.41) is 5.86. The molecule has 0 spiro atoms. The molecule has 3 nitrogen and oxygen atoms in total. The SMILES string of the molecule is CNC(=O)C(C)NCCC1=CCCCC1. The summed E-state index contributed by atoms with van der Waals surface area (Å²) in [6, 6.07) is -0.0841. The highest BCUT2D eigenvalue weighted by molar-refractivity contribution is 5.80. The zero-order valence-electron chi connectivity index (χ0n) is 9.81. The van der Waals surface area contributed by atoms with Crippen LogP contribution in [0.5, 0.6) is 0 Å². The number of allylic oxidation sites excluding steroid dienone is 1. The Morgan fingerprint density at radius 2 is 2.33 bits per heavy atom. The van der Waals surface area contributed by atoms with Crippen molar-refractivity contribution < 1.29 is 4.79 Å². The molecule has 3 heteroatoms. The maximum absolute atomic E-state index is 11.2. The molecule has 1 atom stereocenters. The van der Waals surface area contributed by atoms with Crippen molar-refractivity contribution in [2.75, 3.05) is 13.6 Å². The van der Waals surface area contributed by atoms with Crippen LogP contribution in [-0.2, 0) is 4.79 Å². The third-order valence-electron chi connectivity index (χ3n) is 2.92. The maximum atomic E-state index is 11.2. The topological polar surface area (TPSA) is 41.1 Å². The maximum Gasteiger partial charge on any atom is 0.236 e. The van der Waals surface area contributed by atoms with E-state index in [4.69, 9.17) is 0 Å². The van der Waals surface area contributed by atoms with Crippen LogP contribution in [-0.4, -0.2) is 25.5 Å². The minimum Gasteiger partial charge on any atom is -0.358 e. The summed E-state index contributed by atoms with van der Waals surface area (Å²) in [6.07, 6.45) is 8.59. The van der Waals surface area contributed by atoms with Crippen LogP contribution in [0.4, 0.5) is 0 Å². The molecular formula is C12H22N2O. The van der Waals surface area contributed by atoms with Gasteiger partial charge in [-0.1, -0.05) is 11.6 Å². The zero-order chi connectivity index (χ0) is 11.1. The standard InChI is InChI=1S/C12H22N2O/c1-10(12(15)13-2)14-9-8-11-6-4-3-5-7-11/h6,10,14H,3-5,7-9H2,1-2H3,(H,13,15). The second-order valence-electron chi connectivity index (χ2n) is 4.15. The fourth-order valence-corrected chi connectivity index (χ4v) is 1.89. The molecule has 0 heterocycles. The minimum atomic E-state index is -0.0841. The number of hydrogen-bond donors (Lipinski definition) is 2. The van der Waals surface area contributed by atoms with Gasteiger partial charge < -0.3 is 10.6 Å². The first-order valence-electron chi connectivity index (χ1n) is 5.87. The zero-order valence-corrected chi connectivity index (χ0v) is 9.81. The van der Waals surface area contributed by atoms with Gasteiger partial charge in [0.1, 0.15) is 0 Å². The van der Waals surface area contributed by atoms with Crippen molar-refractivity contribution in [2.45, 2.75) is 45.1 Å². The Hall–Kier alpha value is -0.830. The first-order valence-corrected chi connectivity index (χ1v) is 5.87. The smallest absolute Gasteiger partial charge is 0.236 e. The molecule has 1 unspecified atom stereocenters. The van der Waals surface area contributed by atoms with Gasteiger partial charge in [0.2, 0.25) is 5.91 Å². The van der Waals surface area contributed by atoms with Gasteiger partial charge in [-0.2, -0.15) is 0 Å². The van der Waals surface area contributed by atoms with Gasteiger partial charge in [0.15, 0.2) is 0 Å². The van der Waals surface area contributed by atoms with E-state index in [1.165, 1.54) is 25.7 Å². The summed E-state index contributed by atoms with van der Waals surface area (Å²) in [4.78, 5) is 11.2. The third kappa shape index (κ3) is 4.47. The number of rotatable bonds is 5. The van der Waals surface area contributed by atoms with Crippen molar-refractivity contribution in [2.24, 2.45) is 0 Å². The number of carbonyl (C=O) groups excluding carboxylic acids is 1. The van der Waals surface area contributed by atoms with Gasteiger partial charge in [0, 0.05) is 7.05 Å². The summed E-state index contributed by atoms with van der Waals surface area (Å²) < 4.78 is 0. The highest BCUT2D eigenvalue weighted by atomic mass is 16.2. The van der Waals surface area contributed by atoms with Crippen LogP contribution >= 0.6 is 0 Å². The van der Waals surface area contributed by atoms with E-state index in [0.29, 0.717) is 0 Å². The van der Waals surface area contributed by atoms with Crippen LogP contribution in [0, 0.1) is 0 Å². The van der Waals surface area contributed by atoms with Gasteiger partial charge in [0.25, 0.3) is 0 Å². The number of carbonyl (C=O) groups is 1. The first-order chi connectivity index (χ1) is 7.24. The monoisotopic (exact) mass is 210 g/mol. The molecule has 0 radical (unpaired) electrons. The lowest BCUT2D eigenvalue weighted by atomic mass is 9.97. The first kappa shape index (κ1) is 12.2. The molecule has 15 heavy (non-hydrogen) atoms. The Balaban J connectivity index is 2.15. The molecule has 1 aliphatic rings. The van der Waals surface area contributed by atoms with Gasteiger partial charge in [0.05, 0.1) is 6.04 Å². The molecular weight excluding hydrogens is 188 g/mol. The van der Waals surface area contributed by atoms with Crippen LogP contribution < -0.4 is 10.6 Å². The average molecular weight is 210 g/mol. The van der Waals surface area contributed by atoms with Crippen molar-refractivity contribution in [1.29, 1.82) is 0 Å². The number of likely N-dealkylation sites (N-methyl/N-ethyl adjacent to an activating group) is 1. The van der Waals surface area contributed by atoms with E-state index < -0.39 is 0 Å². The van der Waals surface area contributed by atoms with E-state index in [1.54, 1.807) is 12.6 Å². The van der Waals surface area contributed by atoms with Crippen molar-refractivity contribution in [1.82, 2.24) is 10.6 Å². The molecule has 1 aliphatic carbocycles. The second kappa shape index (κ2) is 6.62. The molecule has 0 aromatic rings. The summed E-state index contributed by atoms with van der Waals surface area (Å²) in [6.45, 7) is 2.80. The number of hydrogen-bond acceptors (Lipinski definition) is 2. The third-order valence-corrected chi connectivity index (χ3v) is 2.92. The lowest BCUT2D eigenvalue weighted by Gasteiger charge is -2.15. The van der Waals surface area contributed by atoms with Gasteiger partial charge >= 0.3 is 0 Å². The molecule has 86 valence electrons. The summed E-state index contributed by atoms with van der Waals surface area (Å²) >= 11 is 0. The van der Waals surface area contributed by atoms with E-state index in [-0.39, 0.29) is 11.9 Å². The lowest BCUT2D eigenvalue weighted by molar-refractivity contribution is -0.122. The van der Waals surface area contributed by atoms with Crippen molar-refractivity contribution >= 4 is 5.91 Å². The molecule has 1 amide bonds. The summed E-state index contributed by atoms with van der Waals surface area (Å²) in [5.41, 5.74) is 1.55. The second-order valence-corrected chi connectivity index (χ2v) is 4.15. The fourth-order valence-electron chi connectivity index (χ4n) is 1.89. The van der Waals surface area contributed by atoms with Crippen LogP contribution in [0.25, 0.3) is 0 Å². The van der Waals surface area contributed by atoms with Gasteiger partial charge in [-0.15, -0.1) is 0 Å². The predicted octanol–water partition coefficient (Wildman–Crippen LogP) is 1.60. The van der Waals surface area contributed by atoms with Crippen LogP contribution in [0.15, 0.2) is 11.6 Å². The molecule has 0 saturated heterocycles. The van der Waals surface area contributed by atoms with Crippen LogP contribution in [0.2, 0.25) is 0 Å². The Labute approximate surface area is 92.3 Å². The lowest BCUT2D eigenvalue weighted by Crippen LogP contribution is -2.41. The van der Waals surface area contributed by atoms with E-state index in [1.807, 2.05) is 6.92 Å². The Morgan fingerprint density at radius 3 is 2.93 bits per heavy atom. The Morgan fingerprint density at radius 1 is 1.53 bits per heavy atom. The average Bonchev–Trinajstić information content (AvgIpc) is 2.29. The Kier molecular flexibility index (Phi) is 5.40. The van der Waals surface area contributed by atoms with Crippen LogP contribution in [0.3, 0.4) is 0 Å². The molecule has 0 bridgehead atoms. The minimum absolute atomic E-state index is 0.0626. The normalized spacial score (nSPS) is 18.1. The van der Waals surface area contributed by atoms with Crippen molar-refractivity contribution in [3.8, 4) is 0 Å². The van der Waals surface area contributed by atoms with Gasteiger partial charge in [-0.05, 0) is 45.6 Å². The van der Waals surface area contributed by atoms with E-state index >= 15 is 0 Å². The summed E-state index contributed by atoms with van der Waals surface area (Å²) in [7, 11) is 1.67. The molecule has 0 aromatic heterocycles. The molecule has 0 aliphatic heterocycles. The molecule has 1 rings (SSSR count). The fraction of sp³-hybridized carbons (Fsp3) is 0.750. The Bertz CT molecular complexity index is 236. The van der Waals surface area contributed by atoms with E-state index in [2.05, 4.69) is 16.7 Å². The van der Waals surface area contributed by atoms with Crippen molar-refractivity contribution in [3.05, 3.63) is 11.6 Å². The van der Waals surface area contributed by atoms with Crippen LogP contribution in [0.1, 0.15) is 39.0 Å². The predicted molar refractivity (Wildman–Crippen MR) is 62.7 cm³/mol. The number of nitrogens with one attached hydrogen (secondary N) is 2. The molecule has 0 aromatic carbocycles. The molecule has 0 fully saturated rings. The van der Waals surface area contributed by atoms with Crippen molar-refractivity contribution in [3.63, 3.8) is 0 Å². The quantitative estimate of drug-likeness (QED) is 0.677. The largest absolute Gasteiger partial charge is 0.358 e. The highest BCUT2D eigenvalue weighted by Gasteiger charge is 2.09. The van der Waals surface area contributed by atoms with Gasteiger partial charge in [-0.3, -0.25) is 4.79 Å². The van der Waals surface area contributed by atoms with E-state index in [0.717, 1.165) is 13.0 Å². The highest BCUT2D eigenvalue weighted by Crippen LogP contribution is 2.19. The van der Waals surface area contributed by atoms with E-state index in [9.17, 15) is 4.79 Å². The summed E-state index contributed by atoms with van der Waals surface area (Å²) in [5.74, 6) is 0.0626.